The first kappa shape index (κ1) is 17.2. The van der Waals surface area contributed by atoms with Gasteiger partial charge in [0.05, 0.1) is 0 Å². The molecule has 25 heavy (non-hydrogen) atoms. The molecule has 1 aliphatic rings. The highest BCUT2D eigenvalue weighted by Gasteiger charge is 2.24. The predicted octanol–water partition coefficient (Wildman–Crippen LogP) is 2.40. The minimum absolute atomic E-state index is 0.0291. The lowest BCUT2D eigenvalue weighted by atomic mass is 10.2. The molecule has 0 spiro atoms. The van der Waals surface area contributed by atoms with Crippen LogP contribution in [0.1, 0.15) is 15.9 Å². The highest BCUT2D eigenvalue weighted by Crippen LogP contribution is 2.14. The summed E-state index contributed by atoms with van der Waals surface area (Å²) in [5, 5.41) is 3.51. The van der Waals surface area contributed by atoms with Gasteiger partial charge in [0.15, 0.2) is 0 Å². The quantitative estimate of drug-likeness (QED) is 0.916. The van der Waals surface area contributed by atoms with Crippen LogP contribution in [0.2, 0.25) is 5.02 Å². The summed E-state index contributed by atoms with van der Waals surface area (Å²) >= 11 is 6.09. The predicted molar refractivity (Wildman–Crippen MR) is 95.4 cm³/mol. The van der Waals surface area contributed by atoms with Crippen molar-refractivity contribution in [3.05, 3.63) is 64.9 Å². The lowest BCUT2D eigenvalue weighted by Crippen LogP contribution is -2.53. The van der Waals surface area contributed by atoms with E-state index < -0.39 is 0 Å². The van der Waals surface area contributed by atoms with E-state index in [1.54, 1.807) is 40.4 Å². The molecule has 0 atom stereocenters. The van der Waals surface area contributed by atoms with Crippen molar-refractivity contribution in [3.8, 4) is 0 Å². The number of piperazine rings is 1. The van der Waals surface area contributed by atoms with Crippen molar-refractivity contribution in [2.45, 2.75) is 6.54 Å². The highest BCUT2D eigenvalue weighted by molar-refractivity contribution is 6.31. The molecule has 0 bridgehead atoms. The summed E-state index contributed by atoms with van der Waals surface area (Å²) in [6.07, 6.45) is 3.21. The van der Waals surface area contributed by atoms with E-state index in [0.29, 0.717) is 43.3 Å². The number of hydrogen-bond acceptors (Lipinski definition) is 3. The van der Waals surface area contributed by atoms with E-state index in [1.807, 2.05) is 18.2 Å². The Kier molecular flexibility index (Phi) is 5.50. The summed E-state index contributed by atoms with van der Waals surface area (Å²) in [5.74, 6) is -0.0291. The number of amides is 3. The Bertz CT molecular complexity index is 746. The maximum atomic E-state index is 12.4. The molecular formula is C18H19ClN4O2. The molecule has 2 aromatic rings. The van der Waals surface area contributed by atoms with E-state index in [9.17, 15) is 9.59 Å². The maximum absolute atomic E-state index is 12.4. The van der Waals surface area contributed by atoms with Gasteiger partial charge in [0.1, 0.15) is 0 Å². The fourth-order valence-electron chi connectivity index (χ4n) is 2.71. The molecule has 130 valence electrons. The minimum atomic E-state index is -0.143. The molecule has 2 heterocycles. The van der Waals surface area contributed by atoms with E-state index in [2.05, 4.69) is 10.3 Å². The van der Waals surface area contributed by atoms with Gasteiger partial charge in [0.25, 0.3) is 5.91 Å². The molecule has 6 nitrogen and oxygen atoms in total. The Labute approximate surface area is 151 Å². The van der Waals surface area contributed by atoms with Gasteiger partial charge in [0.2, 0.25) is 0 Å². The third-order valence-corrected chi connectivity index (χ3v) is 4.54. The Morgan fingerprint density at radius 2 is 1.64 bits per heavy atom. The summed E-state index contributed by atoms with van der Waals surface area (Å²) in [4.78, 5) is 32.1. The SMILES string of the molecule is O=C(NCc1ccccc1Cl)N1CCN(C(=O)c2ccncc2)CC1. The van der Waals surface area contributed by atoms with Crippen LogP contribution in [0.5, 0.6) is 0 Å². The highest BCUT2D eigenvalue weighted by atomic mass is 35.5. The van der Waals surface area contributed by atoms with Crippen LogP contribution in [0.4, 0.5) is 4.79 Å². The first-order valence-corrected chi connectivity index (χ1v) is 8.48. The van der Waals surface area contributed by atoms with Gasteiger partial charge >= 0.3 is 6.03 Å². The Balaban J connectivity index is 1.49. The van der Waals surface area contributed by atoms with Crippen molar-refractivity contribution < 1.29 is 9.59 Å². The number of carbonyl (C=O) groups excluding carboxylic acids is 2. The van der Waals surface area contributed by atoms with Crippen molar-refractivity contribution >= 4 is 23.5 Å². The Hall–Kier alpha value is -2.60. The van der Waals surface area contributed by atoms with Crippen molar-refractivity contribution in [3.63, 3.8) is 0 Å². The number of rotatable bonds is 3. The van der Waals surface area contributed by atoms with Crippen LogP contribution < -0.4 is 5.32 Å². The Morgan fingerprint density at radius 3 is 2.32 bits per heavy atom. The molecule has 3 rings (SSSR count). The molecule has 1 aromatic heterocycles. The molecule has 7 heteroatoms. The van der Waals surface area contributed by atoms with E-state index in [4.69, 9.17) is 11.6 Å². The number of benzene rings is 1. The van der Waals surface area contributed by atoms with E-state index in [-0.39, 0.29) is 11.9 Å². The molecule has 1 aliphatic heterocycles. The molecule has 0 radical (unpaired) electrons. The third kappa shape index (κ3) is 4.28. The number of nitrogens with one attached hydrogen (secondary N) is 1. The smallest absolute Gasteiger partial charge is 0.317 e. The first-order valence-electron chi connectivity index (χ1n) is 8.10. The molecule has 0 unspecified atom stereocenters. The number of hydrogen-bond donors (Lipinski definition) is 1. The summed E-state index contributed by atoms with van der Waals surface area (Å²) in [6, 6.07) is 10.7. The normalized spacial score (nSPS) is 14.3. The zero-order valence-electron chi connectivity index (χ0n) is 13.7. The summed E-state index contributed by atoms with van der Waals surface area (Å²) in [6.45, 7) is 2.42. The number of carbonyl (C=O) groups is 2. The van der Waals surface area contributed by atoms with E-state index in [1.165, 1.54) is 0 Å². The van der Waals surface area contributed by atoms with Gasteiger partial charge < -0.3 is 15.1 Å². The molecule has 0 aliphatic carbocycles. The fourth-order valence-corrected chi connectivity index (χ4v) is 2.92. The van der Waals surface area contributed by atoms with Crippen LogP contribution in [0.3, 0.4) is 0 Å². The first-order chi connectivity index (χ1) is 12.1. The van der Waals surface area contributed by atoms with Crippen LogP contribution in [0.25, 0.3) is 0 Å². The lowest BCUT2D eigenvalue weighted by Gasteiger charge is -2.34. The largest absolute Gasteiger partial charge is 0.335 e. The number of pyridine rings is 1. The number of nitrogens with zero attached hydrogens (tertiary/aromatic N) is 3. The average molecular weight is 359 g/mol. The standard InChI is InChI=1S/C18H19ClN4O2/c19-16-4-2-1-3-15(16)13-21-18(25)23-11-9-22(10-12-23)17(24)14-5-7-20-8-6-14/h1-8H,9-13H2,(H,21,25). The van der Waals surface area contributed by atoms with Crippen LogP contribution in [0, 0.1) is 0 Å². The molecule has 3 amide bonds. The third-order valence-electron chi connectivity index (χ3n) is 4.17. The van der Waals surface area contributed by atoms with Crippen LogP contribution in [0.15, 0.2) is 48.8 Å². The minimum Gasteiger partial charge on any atom is -0.335 e. The zero-order chi connectivity index (χ0) is 17.6. The topological polar surface area (TPSA) is 65.5 Å². The number of halogens is 1. The van der Waals surface area contributed by atoms with Gasteiger partial charge in [-0.05, 0) is 23.8 Å². The second-order valence-corrected chi connectivity index (χ2v) is 6.17. The Morgan fingerprint density at radius 1 is 1.00 bits per heavy atom. The van der Waals surface area contributed by atoms with Crippen molar-refractivity contribution in [1.29, 1.82) is 0 Å². The molecule has 0 saturated carbocycles. The van der Waals surface area contributed by atoms with Gasteiger partial charge in [-0.3, -0.25) is 9.78 Å². The molecule has 1 fully saturated rings. The van der Waals surface area contributed by atoms with Crippen molar-refractivity contribution in [2.24, 2.45) is 0 Å². The summed E-state index contributed by atoms with van der Waals surface area (Å²) in [5.41, 5.74) is 1.50. The molecular weight excluding hydrogens is 340 g/mol. The van der Waals surface area contributed by atoms with Gasteiger partial charge in [0, 0.05) is 55.7 Å². The summed E-state index contributed by atoms with van der Waals surface area (Å²) < 4.78 is 0. The second kappa shape index (κ2) is 7.98. The van der Waals surface area contributed by atoms with Gasteiger partial charge in [-0.2, -0.15) is 0 Å². The maximum Gasteiger partial charge on any atom is 0.317 e. The lowest BCUT2D eigenvalue weighted by molar-refractivity contribution is 0.0665. The van der Waals surface area contributed by atoms with Gasteiger partial charge in [-0.15, -0.1) is 0 Å². The van der Waals surface area contributed by atoms with E-state index >= 15 is 0 Å². The zero-order valence-corrected chi connectivity index (χ0v) is 14.4. The van der Waals surface area contributed by atoms with Gasteiger partial charge in [-0.25, -0.2) is 4.79 Å². The van der Waals surface area contributed by atoms with Crippen LogP contribution in [-0.2, 0) is 6.54 Å². The van der Waals surface area contributed by atoms with E-state index in [0.717, 1.165) is 5.56 Å². The summed E-state index contributed by atoms with van der Waals surface area (Å²) in [7, 11) is 0. The molecule has 1 aromatic carbocycles. The monoisotopic (exact) mass is 358 g/mol. The fraction of sp³-hybridized carbons (Fsp3) is 0.278. The number of urea groups is 1. The average Bonchev–Trinajstić information content (AvgIpc) is 2.67. The second-order valence-electron chi connectivity index (χ2n) is 5.77. The number of aromatic nitrogens is 1. The molecule has 1 N–H and O–H groups in total. The van der Waals surface area contributed by atoms with Crippen LogP contribution >= 0.6 is 11.6 Å². The van der Waals surface area contributed by atoms with Crippen LogP contribution in [-0.4, -0.2) is 52.9 Å². The molecule has 1 saturated heterocycles. The van der Waals surface area contributed by atoms with Gasteiger partial charge in [-0.1, -0.05) is 29.8 Å². The van der Waals surface area contributed by atoms with Crippen molar-refractivity contribution in [2.75, 3.05) is 26.2 Å². The van der Waals surface area contributed by atoms with Crippen molar-refractivity contribution in [1.82, 2.24) is 20.1 Å².